The van der Waals surface area contributed by atoms with E-state index in [-0.39, 0.29) is 0 Å². The fourth-order valence-electron chi connectivity index (χ4n) is 6.89. The number of para-hydroxylation sites is 4. The Hall–Kier alpha value is -7.04. The summed E-state index contributed by atoms with van der Waals surface area (Å²) in [5, 5.41) is 0. The highest BCUT2D eigenvalue weighted by Gasteiger charge is 2.20. The summed E-state index contributed by atoms with van der Waals surface area (Å²) >= 11 is 0. The van der Waals surface area contributed by atoms with Gasteiger partial charge in [-0.2, -0.15) is 0 Å². The summed E-state index contributed by atoms with van der Waals surface area (Å²) < 4.78 is 0. The summed E-state index contributed by atoms with van der Waals surface area (Å²) in [6.07, 6.45) is 0. The number of nitrogens with two attached hydrogens (primary N) is 2. The van der Waals surface area contributed by atoms with Gasteiger partial charge in [0.15, 0.2) is 0 Å². The van der Waals surface area contributed by atoms with Crippen molar-refractivity contribution in [3.05, 3.63) is 206 Å². The molecule has 0 spiro atoms. The van der Waals surface area contributed by atoms with E-state index in [1.54, 1.807) is 0 Å². The molecule has 0 aromatic heterocycles. The molecule has 0 atom stereocenters. The van der Waals surface area contributed by atoms with Crippen LogP contribution in [-0.2, 0) is 0 Å². The van der Waals surface area contributed by atoms with Crippen LogP contribution in [0.4, 0.5) is 45.5 Å². The summed E-state index contributed by atoms with van der Waals surface area (Å²) in [4.78, 5) is 4.54. The second-order valence-electron chi connectivity index (χ2n) is 12.7. The highest BCUT2D eigenvalue weighted by Crippen LogP contribution is 2.45. The Balaban J connectivity index is 1.26. The molecule has 0 saturated heterocycles. The molecule has 0 radical (unpaired) electrons. The molecule has 0 aliphatic heterocycles. The van der Waals surface area contributed by atoms with Crippen LogP contribution in [-0.4, -0.2) is 0 Å². The molecule has 52 heavy (non-hydrogen) atoms. The quantitative estimate of drug-likeness (QED) is 0.150. The number of nitrogen functional groups attached to an aromatic ring is 2. The lowest BCUT2D eigenvalue weighted by atomic mass is 9.86. The summed E-state index contributed by atoms with van der Waals surface area (Å²) in [5.41, 5.74) is 27.3. The van der Waals surface area contributed by atoms with E-state index in [0.29, 0.717) is 5.69 Å². The minimum absolute atomic E-state index is 0.712. The van der Waals surface area contributed by atoms with Crippen molar-refractivity contribution in [1.82, 2.24) is 0 Å². The van der Waals surface area contributed by atoms with E-state index in [2.05, 4.69) is 174 Å². The smallest absolute Gasteiger partial charge is 0.0462 e. The number of benzene rings is 8. The van der Waals surface area contributed by atoms with Crippen LogP contribution in [0.5, 0.6) is 0 Å². The summed E-state index contributed by atoms with van der Waals surface area (Å²) in [6.45, 7) is 0. The van der Waals surface area contributed by atoms with Gasteiger partial charge < -0.3 is 21.3 Å². The highest BCUT2D eigenvalue weighted by molar-refractivity contribution is 6.00. The number of rotatable bonds is 9. The first kappa shape index (κ1) is 32.2. The molecule has 0 bridgehead atoms. The van der Waals surface area contributed by atoms with Gasteiger partial charge in [-0.25, -0.2) is 0 Å². The standard InChI is InChI=1S/C48H38N4/c49-38-27-21-35(22-28-38)45-33-34-46(50)48(37-25-31-44(32-26-37)52(41-17-9-3-10-18-41)42-19-11-4-12-20-42)47(45)36-23-29-43(30-24-36)51(39-13-5-1-6-14-39)40-15-7-2-8-16-40/h1-34H,49-50H2. The van der Waals surface area contributed by atoms with Gasteiger partial charge >= 0.3 is 0 Å². The maximum atomic E-state index is 6.93. The highest BCUT2D eigenvalue weighted by atomic mass is 15.1. The van der Waals surface area contributed by atoms with Gasteiger partial charge in [-0.15, -0.1) is 0 Å². The zero-order chi connectivity index (χ0) is 35.3. The molecule has 250 valence electrons. The van der Waals surface area contributed by atoms with Crippen molar-refractivity contribution in [3.63, 3.8) is 0 Å². The molecule has 8 aromatic rings. The third-order valence-corrected chi connectivity index (χ3v) is 9.35. The average Bonchev–Trinajstić information content (AvgIpc) is 3.21. The van der Waals surface area contributed by atoms with Crippen LogP contribution in [0.1, 0.15) is 0 Å². The fraction of sp³-hybridized carbons (Fsp3) is 0. The fourth-order valence-corrected chi connectivity index (χ4v) is 6.89. The molecule has 8 rings (SSSR count). The molecule has 4 N–H and O–H groups in total. The van der Waals surface area contributed by atoms with Gasteiger partial charge in [0.25, 0.3) is 0 Å². The van der Waals surface area contributed by atoms with E-state index in [1.165, 1.54) is 0 Å². The van der Waals surface area contributed by atoms with Crippen LogP contribution in [0.25, 0.3) is 33.4 Å². The first-order chi connectivity index (χ1) is 25.6. The predicted molar refractivity (Wildman–Crippen MR) is 221 cm³/mol. The molecule has 4 nitrogen and oxygen atoms in total. The second-order valence-corrected chi connectivity index (χ2v) is 12.7. The van der Waals surface area contributed by atoms with Crippen molar-refractivity contribution in [1.29, 1.82) is 0 Å². The SMILES string of the molecule is Nc1ccc(-c2ccc(N)c(-c3ccc(N(c4ccccc4)c4ccccc4)cc3)c2-c2ccc(N(c3ccccc3)c3ccccc3)cc2)cc1. The number of anilines is 8. The molecular weight excluding hydrogens is 633 g/mol. The largest absolute Gasteiger partial charge is 0.399 e. The van der Waals surface area contributed by atoms with Crippen molar-refractivity contribution >= 4 is 45.5 Å². The zero-order valence-corrected chi connectivity index (χ0v) is 28.7. The molecule has 0 amide bonds. The van der Waals surface area contributed by atoms with Crippen LogP contribution in [0.15, 0.2) is 206 Å². The van der Waals surface area contributed by atoms with E-state index >= 15 is 0 Å². The molecule has 0 heterocycles. The van der Waals surface area contributed by atoms with Crippen molar-refractivity contribution in [3.8, 4) is 33.4 Å². The Morgan fingerprint density at radius 2 is 0.596 bits per heavy atom. The van der Waals surface area contributed by atoms with Gasteiger partial charge in [-0.05, 0) is 119 Å². The summed E-state index contributed by atoms with van der Waals surface area (Å²) in [6, 6.07) is 71.5. The monoisotopic (exact) mass is 670 g/mol. The van der Waals surface area contributed by atoms with Gasteiger partial charge in [0.05, 0.1) is 0 Å². The normalized spacial score (nSPS) is 10.8. The second kappa shape index (κ2) is 14.4. The summed E-state index contributed by atoms with van der Waals surface area (Å²) in [5.74, 6) is 0. The number of hydrogen-bond acceptors (Lipinski definition) is 4. The Kier molecular flexibility index (Phi) is 8.94. The molecule has 4 heteroatoms. The van der Waals surface area contributed by atoms with E-state index in [9.17, 15) is 0 Å². The molecule has 0 unspecified atom stereocenters. The minimum Gasteiger partial charge on any atom is -0.399 e. The number of nitrogens with zero attached hydrogens (tertiary/aromatic N) is 2. The molecule has 0 fully saturated rings. The van der Waals surface area contributed by atoms with Crippen molar-refractivity contribution in [2.45, 2.75) is 0 Å². The Morgan fingerprint density at radius 1 is 0.269 bits per heavy atom. The average molecular weight is 671 g/mol. The van der Waals surface area contributed by atoms with Crippen LogP contribution in [0.2, 0.25) is 0 Å². The molecule has 0 aliphatic rings. The van der Waals surface area contributed by atoms with E-state index in [1.807, 2.05) is 42.5 Å². The minimum atomic E-state index is 0.712. The van der Waals surface area contributed by atoms with Gasteiger partial charge in [0.1, 0.15) is 0 Å². The van der Waals surface area contributed by atoms with Crippen molar-refractivity contribution < 1.29 is 0 Å². The van der Waals surface area contributed by atoms with Crippen LogP contribution in [0.3, 0.4) is 0 Å². The van der Waals surface area contributed by atoms with Crippen LogP contribution in [0, 0.1) is 0 Å². The van der Waals surface area contributed by atoms with Gasteiger partial charge in [0.2, 0.25) is 0 Å². The van der Waals surface area contributed by atoms with E-state index in [0.717, 1.165) is 73.2 Å². The van der Waals surface area contributed by atoms with Crippen LogP contribution >= 0.6 is 0 Å². The first-order valence-corrected chi connectivity index (χ1v) is 17.4. The Morgan fingerprint density at radius 3 is 0.981 bits per heavy atom. The molecule has 0 saturated carbocycles. The van der Waals surface area contributed by atoms with E-state index in [4.69, 9.17) is 11.5 Å². The third-order valence-electron chi connectivity index (χ3n) is 9.35. The topological polar surface area (TPSA) is 58.5 Å². The zero-order valence-electron chi connectivity index (χ0n) is 28.7. The molecule has 8 aromatic carbocycles. The van der Waals surface area contributed by atoms with Crippen molar-refractivity contribution in [2.24, 2.45) is 0 Å². The maximum Gasteiger partial charge on any atom is 0.0462 e. The van der Waals surface area contributed by atoms with Crippen molar-refractivity contribution in [2.75, 3.05) is 21.3 Å². The summed E-state index contributed by atoms with van der Waals surface area (Å²) in [7, 11) is 0. The number of hydrogen-bond donors (Lipinski definition) is 2. The lowest BCUT2D eigenvalue weighted by molar-refractivity contribution is 1.28. The van der Waals surface area contributed by atoms with Gasteiger partial charge in [-0.1, -0.05) is 115 Å². The third kappa shape index (κ3) is 6.49. The lowest BCUT2D eigenvalue weighted by Gasteiger charge is -2.26. The predicted octanol–water partition coefficient (Wildman–Crippen LogP) is 12.8. The Labute approximate surface area is 305 Å². The van der Waals surface area contributed by atoms with Gasteiger partial charge in [-0.3, -0.25) is 0 Å². The molecular formula is C48H38N4. The lowest BCUT2D eigenvalue weighted by Crippen LogP contribution is -2.09. The maximum absolute atomic E-state index is 6.93. The van der Waals surface area contributed by atoms with E-state index < -0.39 is 0 Å². The van der Waals surface area contributed by atoms with Gasteiger partial charge in [0, 0.05) is 51.1 Å². The first-order valence-electron chi connectivity index (χ1n) is 17.4. The Bertz CT molecular complexity index is 2300. The van der Waals surface area contributed by atoms with Crippen LogP contribution < -0.4 is 21.3 Å². The molecule has 0 aliphatic carbocycles.